The number of nitrogens with one attached hydrogen (secondary N) is 1. The molecule has 0 unspecified atom stereocenters. The Morgan fingerprint density at radius 2 is 1.91 bits per heavy atom. The lowest BCUT2D eigenvalue weighted by atomic mass is 10.2. The van der Waals surface area contributed by atoms with Crippen molar-refractivity contribution in [2.75, 3.05) is 19.0 Å². The van der Waals surface area contributed by atoms with Crippen LogP contribution in [0.2, 0.25) is 0 Å². The molecule has 1 N–H and O–H groups in total. The number of rotatable bonds is 6. The van der Waals surface area contributed by atoms with Gasteiger partial charge in [0.15, 0.2) is 5.75 Å². The van der Waals surface area contributed by atoms with E-state index in [0.29, 0.717) is 23.6 Å². The quantitative estimate of drug-likeness (QED) is 0.652. The first-order valence-corrected chi connectivity index (χ1v) is 6.91. The fourth-order valence-corrected chi connectivity index (χ4v) is 1.96. The van der Waals surface area contributed by atoms with E-state index in [-0.39, 0.29) is 17.3 Å². The van der Waals surface area contributed by atoms with Gasteiger partial charge in [-0.2, -0.15) is 0 Å². The summed E-state index contributed by atoms with van der Waals surface area (Å²) < 4.78 is 10.2. The number of methoxy groups -OCH3 is 1. The second-order valence-electron chi connectivity index (χ2n) is 4.56. The molecule has 0 saturated heterocycles. The molecular weight excluding hydrogens is 300 g/mol. The predicted molar refractivity (Wildman–Crippen MR) is 85.2 cm³/mol. The number of hydrogen-bond acceptors (Lipinski definition) is 5. The van der Waals surface area contributed by atoms with E-state index in [1.807, 2.05) is 0 Å². The molecule has 0 bridgehead atoms. The van der Waals surface area contributed by atoms with Crippen LogP contribution in [-0.2, 0) is 0 Å². The molecule has 0 radical (unpaired) electrons. The number of amides is 1. The molecule has 0 spiro atoms. The third kappa shape index (κ3) is 3.97. The Kier molecular flexibility index (Phi) is 5.14. The summed E-state index contributed by atoms with van der Waals surface area (Å²) in [5.74, 6) is 0.435. The zero-order valence-electron chi connectivity index (χ0n) is 12.7. The van der Waals surface area contributed by atoms with Crippen LogP contribution in [0.25, 0.3) is 0 Å². The molecule has 0 aromatic heterocycles. The van der Waals surface area contributed by atoms with Crippen LogP contribution >= 0.6 is 0 Å². The molecule has 7 heteroatoms. The molecule has 0 aliphatic carbocycles. The Labute approximate surface area is 133 Å². The number of ether oxygens (including phenoxy) is 2. The summed E-state index contributed by atoms with van der Waals surface area (Å²) in [4.78, 5) is 22.7. The first kappa shape index (κ1) is 16.3. The molecule has 2 rings (SSSR count). The summed E-state index contributed by atoms with van der Waals surface area (Å²) in [5.41, 5.74) is 0.544. The highest BCUT2D eigenvalue weighted by atomic mass is 16.6. The maximum Gasteiger partial charge on any atom is 0.312 e. The van der Waals surface area contributed by atoms with Crippen LogP contribution in [0.5, 0.6) is 11.5 Å². The van der Waals surface area contributed by atoms with E-state index in [2.05, 4.69) is 5.32 Å². The van der Waals surface area contributed by atoms with Gasteiger partial charge in [-0.25, -0.2) is 0 Å². The predicted octanol–water partition coefficient (Wildman–Crippen LogP) is 3.25. The topological polar surface area (TPSA) is 90.7 Å². The number of anilines is 1. The molecular formula is C16H16N2O5. The number of nitrogens with zero attached hydrogens (tertiary/aromatic N) is 1. The molecule has 0 aliphatic heterocycles. The van der Waals surface area contributed by atoms with Gasteiger partial charge in [-0.15, -0.1) is 0 Å². The third-order valence-corrected chi connectivity index (χ3v) is 3.07. The van der Waals surface area contributed by atoms with E-state index in [0.717, 1.165) is 0 Å². The van der Waals surface area contributed by atoms with Crippen molar-refractivity contribution >= 4 is 17.3 Å². The lowest BCUT2D eigenvalue weighted by Gasteiger charge is -2.08. The fraction of sp³-hybridized carbons (Fsp3) is 0.188. The van der Waals surface area contributed by atoms with Crippen molar-refractivity contribution in [2.45, 2.75) is 6.92 Å². The summed E-state index contributed by atoms with van der Waals surface area (Å²) in [6, 6.07) is 10.8. The first-order chi connectivity index (χ1) is 11.0. The summed E-state index contributed by atoms with van der Waals surface area (Å²) >= 11 is 0. The van der Waals surface area contributed by atoms with Crippen molar-refractivity contribution in [3.05, 3.63) is 58.1 Å². The number of hydrogen-bond donors (Lipinski definition) is 1. The van der Waals surface area contributed by atoms with E-state index in [4.69, 9.17) is 9.47 Å². The Balaban J connectivity index is 2.19. The summed E-state index contributed by atoms with van der Waals surface area (Å²) in [5, 5.41) is 13.7. The van der Waals surface area contributed by atoms with Crippen LogP contribution in [0.1, 0.15) is 17.3 Å². The smallest absolute Gasteiger partial charge is 0.312 e. The molecule has 23 heavy (non-hydrogen) atoms. The molecule has 0 saturated carbocycles. The van der Waals surface area contributed by atoms with Crippen LogP contribution in [0.3, 0.4) is 0 Å². The highest BCUT2D eigenvalue weighted by Gasteiger charge is 2.17. The SMILES string of the molecule is CCOc1ccc(NC(=O)c2ccc(OC)cc2)cc1[N+](=O)[O-]. The maximum absolute atomic E-state index is 12.2. The number of carbonyl (C=O) groups excluding carboxylic acids is 1. The van der Waals surface area contributed by atoms with Crippen molar-refractivity contribution in [1.82, 2.24) is 0 Å². The lowest BCUT2D eigenvalue weighted by molar-refractivity contribution is -0.385. The Morgan fingerprint density at radius 1 is 1.22 bits per heavy atom. The molecule has 0 heterocycles. The van der Waals surface area contributed by atoms with Crippen LogP contribution in [0.4, 0.5) is 11.4 Å². The Hall–Kier alpha value is -3.09. The zero-order valence-corrected chi connectivity index (χ0v) is 12.7. The monoisotopic (exact) mass is 316 g/mol. The molecule has 2 aromatic rings. The average molecular weight is 316 g/mol. The van der Waals surface area contributed by atoms with E-state index in [1.165, 1.54) is 19.2 Å². The Bertz CT molecular complexity index is 713. The van der Waals surface area contributed by atoms with Crippen LogP contribution in [0, 0.1) is 10.1 Å². The standard InChI is InChI=1S/C16H16N2O5/c1-3-23-15-9-6-12(10-14(15)18(20)21)17-16(19)11-4-7-13(22-2)8-5-11/h4-10H,3H2,1-2H3,(H,17,19). The van der Waals surface area contributed by atoms with Crippen LogP contribution in [0.15, 0.2) is 42.5 Å². The molecule has 7 nitrogen and oxygen atoms in total. The van der Waals surface area contributed by atoms with Crippen molar-refractivity contribution in [2.24, 2.45) is 0 Å². The summed E-state index contributed by atoms with van der Waals surface area (Å²) in [7, 11) is 1.54. The van der Waals surface area contributed by atoms with Crippen molar-refractivity contribution in [1.29, 1.82) is 0 Å². The zero-order chi connectivity index (χ0) is 16.8. The third-order valence-electron chi connectivity index (χ3n) is 3.07. The van der Waals surface area contributed by atoms with Gasteiger partial charge in [0.05, 0.1) is 18.6 Å². The Morgan fingerprint density at radius 3 is 2.48 bits per heavy atom. The number of carbonyl (C=O) groups is 1. The van der Waals surface area contributed by atoms with Gasteiger partial charge in [0, 0.05) is 17.3 Å². The van der Waals surface area contributed by atoms with Gasteiger partial charge in [-0.05, 0) is 43.3 Å². The number of nitro benzene ring substituents is 1. The molecule has 2 aromatic carbocycles. The summed E-state index contributed by atoms with van der Waals surface area (Å²) in [6.07, 6.45) is 0. The molecule has 1 amide bonds. The second-order valence-corrected chi connectivity index (χ2v) is 4.56. The van der Waals surface area contributed by atoms with Crippen LogP contribution in [-0.4, -0.2) is 24.5 Å². The molecule has 0 fully saturated rings. The minimum atomic E-state index is -0.548. The van der Waals surface area contributed by atoms with Gasteiger partial charge in [-0.3, -0.25) is 14.9 Å². The van der Waals surface area contributed by atoms with Gasteiger partial charge in [-0.1, -0.05) is 0 Å². The van der Waals surface area contributed by atoms with E-state index in [1.54, 1.807) is 37.3 Å². The first-order valence-electron chi connectivity index (χ1n) is 6.91. The highest BCUT2D eigenvalue weighted by Crippen LogP contribution is 2.30. The number of nitro groups is 1. The van der Waals surface area contributed by atoms with Gasteiger partial charge in [0.1, 0.15) is 5.75 Å². The number of benzene rings is 2. The normalized spacial score (nSPS) is 10.0. The van der Waals surface area contributed by atoms with Gasteiger partial charge in [0.2, 0.25) is 0 Å². The average Bonchev–Trinajstić information content (AvgIpc) is 2.56. The van der Waals surface area contributed by atoms with Crippen molar-refractivity contribution in [3.8, 4) is 11.5 Å². The second kappa shape index (κ2) is 7.26. The molecule has 0 aliphatic rings. The van der Waals surface area contributed by atoms with E-state index < -0.39 is 4.92 Å². The maximum atomic E-state index is 12.2. The summed E-state index contributed by atoms with van der Waals surface area (Å²) in [6.45, 7) is 2.06. The molecule has 120 valence electrons. The molecule has 0 atom stereocenters. The van der Waals surface area contributed by atoms with Gasteiger partial charge >= 0.3 is 5.69 Å². The minimum absolute atomic E-state index is 0.167. The van der Waals surface area contributed by atoms with Gasteiger partial charge in [0.25, 0.3) is 5.91 Å². The van der Waals surface area contributed by atoms with E-state index >= 15 is 0 Å². The van der Waals surface area contributed by atoms with Crippen LogP contribution < -0.4 is 14.8 Å². The minimum Gasteiger partial charge on any atom is -0.497 e. The largest absolute Gasteiger partial charge is 0.497 e. The van der Waals surface area contributed by atoms with Crippen molar-refractivity contribution in [3.63, 3.8) is 0 Å². The van der Waals surface area contributed by atoms with Crippen molar-refractivity contribution < 1.29 is 19.2 Å². The van der Waals surface area contributed by atoms with E-state index in [9.17, 15) is 14.9 Å². The highest BCUT2D eigenvalue weighted by molar-refractivity contribution is 6.04. The fourth-order valence-electron chi connectivity index (χ4n) is 1.96. The lowest BCUT2D eigenvalue weighted by Crippen LogP contribution is -2.12. The van der Waals surface area contributed by atoms with Gasteiger partial charge < -0.3 is 14.8 Å².